The zero-order chi connectivity index (χ0) is 12.8. The van der Waals surface area contributed by atoms with Gasteiger partial charge in [0.15, 0.2) is 0 Å². The number of rotatable bonds is 5. The molecule has 1 saturated carbocycles. The van der Waals surface area contributed by atoms with Crippen LogP contribution in [0, 0.1) is 5.92 Å². The fraction of sp³-hybridized carbons (Fsp3) is 0.625. The smallest absolute Gasteiger partial charge is 0.0409 e. The molecular formula is C16H24ClN. The number of halogens is 1. The minimum Gasteiger partial charge on any atom is -0.310 e. The molecule has 1 aromatic rings. The van der Waals surface area contributed by atoms with Crippen LogP contribution in [0.4, 0.5) is 0 Å². The number of benzene rings is 1. The highest BCUT2D eigenvalue weighted by Crippen LogP contribution is 2.26. The van der Waals surface area contributed by atoms with E-state index in [1.165, 1.54) is 44.1 Å². The topological polar surface area (TPSA) is 12.0 Å². The highest BCUT2D eigenvalue weighted by atomic mass is 35.5. The Morgan fingerprint density at radius 2 is 2.06 bits per heavy atom. The van der Waals surface area contributed by atoms with Crippen molar-refractivity contribution in [2.24, 2.45) is 5.92 Å². The molecule has 0 aromatic heterocycles. The third kappa shape index (κ3) is 4.29. The summed E-state index contributed by atoms with van der Waals surface area (Å²) in [4.78, 5) is 0. The Morgan fingerprint density at radius 1 is 1.28 bits per heavy atom. The van der Waals surface area contributed by atoms with Crippen molar-refractivity contribution in [3.05, 3.63) is 34.9 Å². The van der Waals surface area contributed by atoms with Crippen LogP contribution in [0.15, 0.2) is 24.3 Å². The Balaban J connectivity index is 1.72. The molecular weight excluding hydrogens is 242 g/mol. The molecule has 2 rings (SSSR count). The fourth-order valence-corrected chi connectivity index (χ4v) is 3.07. The molecule has 1 fully saturated rings. The quantitative estimate of drug-likeness (QED) is 0.793. The lowest BCUT2D eigenvalue weighted by Gasteiger charge is -2.22. The highest BCUT2D eigenvalue weighted by Gasteiger charge is 2.13. The van der Waals surface area contributed by atoms with Crippen LogP contribution in [0.3, 0.4) is 0 Å². The minimum atomic E-state index is 0.396. The molecule has 0 unspecified atom stereocenters. The van der Waals surface area contributed by atoms with Gasteiger partial charge < -0.3 is 5.32 Å². The van der Waals surface area contributed by atoms with Gasteiger partial charge in [-0.15, -0.1) is 0 Å². The molecule has 1 aliphatic carbocycles. The molecule has 1 aliphatic rings. The Bertz CT molecular complexity index is 358. The van der Waals surface area contributed by atoms with Gasteiger partial charge in [-0.05, 0) is 43.5 Å². The van der Waals surface area contributed by atoms with Crippen molar-refractivity contribution in [3.8, 4) is 0 Å². The second-order valence-corrected chi connectivity index (χ2v) is 5.96. The largest absolute Gasteiger partial charge is 0.310 e. The third-order valence-electron chi connectivity index (χ3n) is 4.08. The lowest BCUT2D eigenvalue weighted by atomic mass is 9.87. The maximum atomic E-state index is 6.02. The van der Waals surface area contributed by atoms with Crippen molar-refractivity contribution in [1.29, 1.82) is 0 Å². The fourth-order valence-electron chi connectivity index (χ4n) is 2.87. The van der Waals surface area contributed by atoms with Gasteiger partial charge in [-0.2, -0.15) is 0 Å². The summed E-state index contributed by atoms with van der Waals surface area (Å²) < 4.78 is 0. The minimum absolute atomic E-state index is 0.396. The van der Waals surface area contributed by atoms with Crippen molar-refractivity contribution in [1.82, 2.24) is 5.32 Å². The SMILES string of the molecule is C[C@@H](NCCC1CCCCC1)c1cccc(Cl)c1. The summed E-state index contributed by atoms with van der Waals surface area (Å²) >= 11 is 6.02. The van der Waals surface area contributed by atoms with Gasteiger partial charge in [0, 0.05) is 11.1 Å². The van der Waals surface area contributed by atoms with Gasteiger partial charge in [0.05, 0.1) is 0 Å². The second kappa shape index (κ2) is 7.16. The molecule has 100 valence electrons. The van der Waals surface area contributed by atoms with Crippen LogP contribution in [0.5, 0.6) is 0 Å². The number of hydrogen-bond donors (Lipinski definition) is 1. The molecule has 0 saturated heterocycles. The van der Waals surface area contributed by atoms with E-state index in [1.807, 2.05) is 12.1 Å². The average Bonchev–Trinajstić information content (AvgIpc) is 2.40. The first-order valence-corrected chi connectivity index (χ1v) is 7.62. The van der Waals surface area contributed by atoms with Gasteiger partial charge in [0.1, 0.15) is 0 Å². The first-order chi connectivity index (χ1) is 8.75. The second-order valence-electron chi connectivity index (χ2n) is 5.52. The Morgan fingerprint density at radius 3 is 2.78 bits per heavy atom. The first kappa shape index (κ1) is 13.9. The van der Waals surface area contributed by atoms with Crippen molar-refractivity contribution < 1.29 is 0 Å². The molecule has 2 heteroatoms. The van der Waals surface area contributed by atoms with E-state index in [0.717, 1.165) is 17.5 Å². The molecule has 1 N–H and O–H groups in total. The van der Waals surface area contributed by atoms with Crippen LogP contribution in [-0.4, -0.2) is 6.54 Å². The predicted molar refractivity (Wildman–Crippen MR) is 79.1 cm³/mol. The molecule has 0 radical (unpaired) electrons. The summed E-state index contributed by atoms with van der Waals surface area (Å²) in [6.45, 7) is 3.34. The molecule has 0 heterocycles. The van der Waals surface area contributed by atoms with Crippen LogP contribution in [0.1, 0.15) is 57.1 Å². The zero-order valence-corrected chi connectivity index (χ0v) is 12.0. The Hall–Kier alpha value is -0.530. The molecule has 1 nitrogen and oxygen atoms in total. The van der Waals surface area contributed by atoms with E-state index in [2.05, 4.69) is 24.4 Å². The predicted octanol–water partition coefficient (Wildman–Crippen LogP) is 4.96. The summed E-state index contributed by atoms with van der Waals surface area (Å²) in [7, 11) is 0. The third-order valence-corrected chi connectivity index (χ3v) is 4.31. The van der Waals surface area contributed by atoms with Crippen molar-refractivity contribution in [3.63, 3.8) is 0 Å². The van der Waals surface area contributed by atoms with Gasteiger partial charge in [0.25, 0.3) is 0 Å². The van der Waals surface area contributed by atoms with Crippen LogP contribution in [0.25, 0.3) is 0 Å². The Kier molecular flexibility index (Phi) is 5.52. The molecule has 0 amide bonds. The number of hydrogen-bond acceptors (Lipinski definition) is 1. The summed E-state index contributed by atoms with van der Waals surface area (Å²) in [6.07, 6.45) is 8.53. The van der Waals surface area contributed by atoms with Gasteiger partial charge in [-0.1, -0.05) is 55.8 Å². The monoisotopic (exact) mass is 265 g/mol. The molecule has 0 aliphatic heterocycles. The normalized spacial score (nSPS) is 18.8. The summed E-state index contributed by atoms with van der Waals surface area (Å²) in [6, 6.07) is 8.55. The van der Waals surface area contributed by atoms with E-state index in [1.54, 1.807) is 0 Å². The lowest BCUT2D eigenvalue weighted by molar-refractivity contribution is 0.329. The van der Waals surface area contributed by atoms with E-state index >= 15 is 0 Å². The summed E-state index contributed by atoms with van der Waals surface area (Å²) in [5.41, 5.74) is 1.28. The van der Waals surface area contributed by atoms with E-state index in [9.17, 15) is 0 Å². The van der Waals surface area contributed by atoms with Crippen LogP contribution in [-0.2, 0) is 0 Å². The van der Waals surface area contributed by atoms with Crippen molar-refractivity contribution in [2.75, 3.05) is 6.54 Å². The van der Waals surface area contributed by atoms with Gasteiger partial charge in [-0.3, -0.25) is 0 Å². The van der Waals surface area contributed by atoms with Crippen LogP contribution < -0.4 is 5.32 Å². The van der Waals surface area contributed by atoms with Gasteiger partial charge >= 0.3 is 0 Å². The zero-order valence-electron chi connectivity index (χ0n) is 11.3. The lowest BCUT2D eigenvalue weighted by Crippen LogP contribution is -2.22. The van der Waals surface area contributed by atoms with E-state index in [0.29, 0.717) is 6.04 Å². The van der Waals surface area contributed by atoms with Gasteiger partial charge in [-0.25, -0.2) is 0 Å². The summed E-state index contributed by atoms with van der Waals surface area (Å²) in [5, 5.41) is 4.44. The summed E-state index contributed by atoms with van der Waals surface area (Å²) in [5.74, 6) is 0.956. The molecule has 0 spiro atoms. The maximum absolute atomic E-state index is 6.02. The molecule has 0 bridgehead atoms. The number of nitrogens with one attached hydrogen (secondary N) is 1. The van der Waals surface area contributed by atoms with Crippen LogP contribution in [0.2, 0.25) is 5.02 Å². The molecule has 18 heavy (non-hydrogen) atoms. The van der Waals surface area contributed by atoms with Crippen molar-refractivity contribution in [2.45, 2.75) is 51.5 Å². The standard InChI is InChI=1S/C16H24ClN/c1-13(15-8-5-9-16(17)12-15)18-11-10-14-6-3-2-4-7-14/h5,8-9,12-14,18H,2-4,6-7,10-11H2,1H3/t13-/m1/s1. The van der Waals surface area contributed by atoms with Crippen LogP contribution >= 0.6 is 11.6 Å². The van der Waals surface area contributed by atoms with Gasteiger partial charge in [0.2, 0.25) is 0 Å². The first-order valence-electron chi connectivity index (χ1n) is 7.24. The van der Waals surface area contributed by atoms with E-state index in [-0.39, 0.29) is 0 Å². The van der Waals surface area contributed by atoms with E-state index in [4.69, 9.17) is 11.6 Å². The van der Waals surface area contributed by atoms with E-state index < -0.39 is 0 Å². The average molecular weight is 266 g/mol. The van der Waals surface area contributed by atoms with Crippen molar-refractivity contribution >= 4 is 11.6 Å². The molecule has 1 aromatic carbocycles. The Labute approximate surface area is 116 Å². The highest BCUT2D eigenvalue weighted by molar-refractivity contribution is 6.30. The maximum Gasteiger partial charge on any atom is 0.0409 e. The molecule has 1 atom stereocenters.